The molecule has 0 amide bonds. The fourth-order valence-corrected chi connectivity index (χ4v) is 7.19. The van der Waals surface area contributed by atoms with Gasteiger partial charge in [0.1, 0.15) is 5.75 Å². The lowest BCUT2D eigenvalue weighted by Crippen LogP contribution is -2.43. The van der Waals surface area contributed by atoms with E-state index in [0.29, 0.717) is 7.14 Å². The van der Waals surface area contributed by atoms with Crippen LogP contribution in [0, 0.1) is 22.5 Å². The van der Waals surface area contributed by atoms with Gasteiger partial charge in [-0.05, 0) is 92.7 Å². The number of rotatable bonds is 6. The van der Waals surface area contributed by atoms with Crippen LogP contribution in [0.5, 0.6) is 5.75 Å². The number of benzene rings is 1. The van der Waals surface area contributed by atoms with Crippen LogP contribution < -0.4 is 4.74 Å². The molecule has 0 fully saturated rings. The lowest BCUT2D eigenvalue weighted by molar-refractivity contribution is -0.218. The average molecular weight is 800 g/mol. The number of carbonyl (C=O) groups excluding carboxylic acids is 2. The maximum Gasteiger partial charge on any atom is 0.426 e. The summed E-state index contributed by atoms with van der Waals surface area (Å²) >= 11 is 6.04. The number of esters is 2. The van der Waals surface area contributed by atoms with Gasteiger partial charge in [-0.15, -0.1) is 0 Å². The van der Waals surface area contributed by atoms with Crippen molar-refractivity contribution in [1.29, 1.82) is 0 Å². The molecule has 7 nitrogen and oxygen atoms in total. The zero-order valence-electron chi connectivity index (χ0n) is 15.2. The summed E-state index contributed by atoms with van der Waals surface area (Å²) in [6.45, 7) is 0. The van der Waals surface area contributed by atoms with E-state index in [1.807, 2.05) is 45.2 Å². The van der Waals surface area contributed by atoms with Gasteiger partial charge in [0.2, 0.25) is 6.10 Å². The number of ether oxygens (including phenoxy) is 2. The van der Waals surface area contributed by atoms with Gasteiger partial charge < -0.3 is 9.47 Å². The summed E-state index contributed by atoms with van der Waals surface area (Å²) < 4.78 is 81.8. The third-order valence-corrected chi connectivity index (χ3v) is 7.14. The van der Waals surface area contributed by atoms with Gasteiger partial charge in [-0.2, -0.15) is 21.6 Å². The molecule has 1 aliphatic carbocycles. The molecule has 0 aliphatic heterocycles. The number of carbonyl (C=O) groups is 2. The number of hydrogen-bond acceptors (Lipinski definition) is 6. The minimum atomic E-state index is -5.22. The minimum Gasteiger partial charge on any atom is -0.451 e. The van der Waals surface area contributed by atoms with Crippen molar-refractivity contribution in [1.82, 2.24) is 0 Å². The molecule has 31 heavy (non-hydrogen) atoms. The summed E-state index contributed by atoms with van der Waals surface area (Å²) in [7, 11) is -5.07. The molecule has 0 saturated carbocycles. The first-order chi connectivity index (χ1) is 14.2. The molecule has 0 heterocycles. The van der Waals surface area contributed by atoms with Crippen LogP contribution in [0.15, 0.2) is 24.3 Å². The molecule has 14 heteroatoms. The summed E-state index contributed by atoms with van der Waals surface area (Å²) in [6.07, 6.45) is -5.23. The van der Waals surface area contributed by atoms with Gasteiger partial charge in [0, 0.05) is 3.57 Å². The van der Waals surface area contributed by atoms with Crippen molar-refractivity contribution in [3.63, 3.8) is 0 Å². The SMILES string of the molecule is O=C(Oc1c(I)cc(I)cc1I)C1CC=CCC1C(=O)OC(CS(=O)(=O)O)C(F)(F)F. The lowest BCUT2D eigenvalue weighted by Gasteiger charge is -2.28. The Bertz CT molecular complexity index is 972. The van der Waals surface area contributed by atoms with Gasteiger partial charge in [0.05, 0.1) is 19.0 Å². The molecule has 0 aromatic heterocycles. The van der Waals surface area contributed by atoms with Crippen LogP contribution >= 0.6 is 67.8 Å². The second-order valence-corrected chi connectivity index (χ2v) is 11.6. The van der Waals surface area contributed by atoms with Crippen LogP contribution in [-0.2, 0) is 24.4 Å². The van der Waals surface area contributed by atoms with Crippen LogP contribution in [0.3, 0.4) is 0 Å². The molecule has 0 spiro atoms. The quantitative estimate of drug-likeness (QED) is 0.150. The smallest absolute Gasteiger partial charge is 0.426 e. The molecular weight excluding hydrogens is 786 g/mol. The largest absolute Gasteiger partial charge is 0.451 e. The molecule has 0 saturated heterocycles. The van der Waals surface area contributed by atoms with Crippen molar-refractivity contribution in [3.8, 4) is 5.75 Å². The number of allylic oxidation sites excluding steroid dienone is 2. The number of alkyl halides is 3. The molecule has 0 radical (unpaired) electrons. The van der Waals surface area contributed by atoms with Gasteiger partial charge in [-0.1, -0.05) is 12.2 Å². The van der Waals surface area contributed by atoms with Crippen molar-refractivity contribution in [2.75, 3.05) is 5.75 Å². The summed E-state index contributed by atoms with van der Waals surface area (Å²) in [4.78, 5) is 25.2. The highest BCUT2D eigenvalue weighted by molar-refractivity contribution is 14.1. The first-order valence-electron chi connectivity index (χ1n) is 8.42. The van der Waals surface area contributed by atoms with E-state index >= 15 is 0 Å². The van der Waals surface area contributed by atoms with Gasteiger partial charge in [0.25, 0.3) is 10.1 Å². The van der Waals surface area contributed by atoms with Crippen molar-refractivity contribution in [2.45, 2.75) is 25.1 Å². The van der Waals surface area contributed by atoms with Gasteiger partial charge >= 0.3 is 18.1 Å². The third-order valence-electron chi connectivity index (χ3n) is 4.19. The highest BCUT2D eigenvalue weighted by atomic mass is 127. The fraction of sp³-hybridized carbons (Fsp3) is 0.412. The molecule has 172 valence electrons. The Morgan fingerprint density at radius 2 is 1.55 bits per heavy atom. The molecule has 1 N–H and O–H groups in total. The zero-order chi connectivity index (χ0) is 23.6. The summed E-state index contributed by atoms with van der Waals surface area (Å²) in [5, 5.41) is 0. The molecule has 1 aliphatic rings. The predicted molar refractivity (Wildman–Crippen MR) is 128 cm³/mol. The Balaban J connectivity index is 2.22. The van der Waals surface area contributed by atoms with Crippen LogP contribution in [-0.4, -0.2) is 42.9 Å². The molecule has 3 unspecified atom stereocenters. The maximum atomic E-state index is 13.1. The molecule has 0 bridgehead atoms. The second kappa shape index (κ2) is 10.8. The predicted octanol–water partition coefficient (Wildman–Crippen LogP) is 4.35. The van der Waals surface area contributed by atoms with Crippen molar-refractivity contribution >= 4 is 89.8 Å². The third kappa shape index (κ3) is 7.95. The Morgan fingerprint density at radius 3 is 2.00 bits per heavy atom. The Morgan fingerprint density at radius 1 is 1.06 bits per heavy atom. The van der Waals surface area contributed by atoms with Crippen molar-refractivity contribution in [2.24, 2.45) is 11.8 Å². The Kier molecular flexibility index (Phi) is 9.43. The van der Waals surface area contributed by atoms with E-state index in [1.54, 1.807) is 18.2 Å². The van der Waals surface area contributed by atoms with Crippen LogP contribution in [0.4, 0.5) is 13.2 Å². The summed E-state index contributed by atoms with van der Waals surface area (Å²) in [5.74, 6) is -6.21. The van der Waals surface area contributed by atoms with Gasteiger partial charge in [-0.3, -0.25) is 14.1 Å². The molecule has 2 rings (SSSR count). The fourth-order valence-electron chi connectivity index (χ4n) is 2.75. The van der Waals surface area contributed by atoms with Crippen LogP contribution in [0.1, 0.15) is 12.8 Å². The average Bonchev–Trinajstić information content (AvgIpc) is 2.62. The number of hydrogen-bond donors (Lipinski definition) is 1. The highest BCUT2D eigenvalue weighted by Gasteiger charge is 2.47. The molecular formula is C17H14F3I3O7S. The second-order valence-electron chi connectivity index (χ2n) is 6.49. The first kappa shape index (κ1) is 27.0. The molecule has 1 aromatic rings. The van der Waals surface area contributed by atoms with E-state index in [4.69, 9.17) is 9.29 Å². The normalized spacial score (nSPS) is 20.2. The van der Waals surface area contributed by atoms with E-state index in [-0.39, 0.29) is 18.6 Å². The Labute approximate surface area is 216 Å². The standard InChI is InChI=1S/C17H14F3I3O7S/c18-17(19,20)13(7-31(26,27)28)29-15(24)9-3-1-2-4-10(9)16(25)30-14-11(22)5-8(21)6-12(14)23/h1-2,5-6,9-10,13H,3-4,7H2,(H,26,27,28). The first-order valence-corrected chi connectivity index (χ1v) is 13.3. The van der Waals surface area contributed by atoms with Crippen LogP contribution in [0.25, 0.3) is 0 Å². The maximum absolute atomic E-state index is 13.1. The van der Waals surface area contributed by atoms with Gasteiger partial charge in [-0.25, -0.2) is 0 Å². The van der Waals surface area contributed by atoms with E-state index in [9.17, 15) is 31.2 Å². The summed E-state index contributed by atoms with van der Waals surface area (Å²) in [5.41, 5.74) is 0. The van der Waals surface area contributed by atoms with Gasteiger partial charge in [0.15, 0.2) is 5.75 Å². The van der Waals surface area contributed by atoms with E-state index in [1.165, 1.54) is 6.08 Å². The van der Waals surface area contributed by atoms with Crippen molar-refractivity contribution in [3.05, 3.63) is 35.0 Å². The van der Waals surface area contributed by atoms with Crippen molar-refractivity contribution < 1.29 is 45.2 Å². The summed E-state index contributed by atoms with van der Waals surface area (Å²) in [6, 6.07) is 3.53. The van der Waals surface area contributed by atoms with E-state index in [0.717, 1.165) is 3.57 Å². The lowest BCUT2D eigenvalue weighted by atomic mass is 9.83. The monoisotopic (exact) mass is 800 g/mol. The Hall–Kier alpha value is -0.210. The zero-order valence-corrected chi connectivity index (χ0v) is 22.5. The van der Waals surface area contributed by atoms with Crippen LogP contribution in [0.2, 0.25) is 0 Å². The van der Waals surface area contributed by atoms with E-state index < -0.39 is 51.9 Å². The molecule has 3 atom stereocenters. The highest BCUT2D eigenvalue weighted by Crippen LogP contribution is 2.34. The topological polar surface area (TPSA) is 107 Å². The molecule has 1 aromatic carbocycles. The number of halogens is 6. The van der Waals surface area contributed by atoms with E-state index in [2.05, 4.69) is 27.3 Å². The minimum absolute atomic E-state index is 0.0328.